The third kappa shape index (κ3) is 4.11. The van der Waals surface area contributed by atoms with Crippen LogP contribution in [0.2, 0.25) is 0 Å². The van der Waals surface area contributed by atoms with Crippen molar-refractivity contribution >= 4 is 43.5 Å². The second kappa shape index (κ2) is 8.09. The number of fused-ring (bicyclic) bond motifs is 1. The maximum atomic E-state index is 13.0. The van der Waals surface area contributed by atoms with Crippen molar-refractivity contribution in [2.75, 3.05) is 18.4 Å². The third-order valence-electron chi connectivity index (χ3n) is 4.82. The standard InChI is InChI=1S/C18H20N4O5S2/c23-16(20-17-19-7-10-28-17)12-22-14-6-5-13(11-15(14)27-18(22)24)29(25,26)21-8-3-1-2-4-9-21/h5-7,10-11H,1-4,8-9,12H2,(H,19,20,23). The lowest BCUT2D eigenvalue weighted by Crippen LogP contribution is -2.31. The predicted octanol–water partition coefficient (Wildman–Crippen LogP) is 2.25. The fourth-order valence-corrected chi connectivity index (χ4v) is 5.45. The molecule has 154 valence electrons. The second-order valence-electron chi connectivity index (χ2n) is 6.79. The summed E-state index contributed by atoms with van der Waals surface area (Å²) >= 11 is 1.27. The van der Waals surface area contributed by atoms with Gasteiger partial charge in [-0.15, -0.1) is 11.3 Å². The largest absolute Gasteiger partial charge is 0.420 e. The SMILES string of the molecule is O=C(Cn1c(=O)oc2cc(S(=O)(=O)N3CCCCCC3)ccc21)Nc1nccs1. The highest BCUT2D eigenvalue weighted by molar-refractivity contribution is 7.89. The van der Waals surface area contributed by atoms with E-state index in [1.807, 2.05) is 0 Å². The molecule has 1 fully saturated rings. The number of aromatic nitrogens is 2. The third-order valence-corrected chi connectivity index (χ3v) is 7.41. The molecule has 0 spiro atoms. The summed E-state index contributed by atoms with van der Waals surface area (Å²) in [4.78, 5) is 28.5. The first kappa shape index (κ1) is 19.8. The van der Waals surface area contributed by atoms with Crippen molar-refractivity contribution in [1.29, 1.82) is 0 Å². The minimum absolute atomic E-state index is 0.0834. The molecule has 1 amide bonds. The Balaban J connectivity index is 1.61. The summed E-state index contributed by atoms with van der Waals surface area (Å²) in [6.07, 6.45) is 5.27. The van der Waals surface area contributed by atoms with Crippen LogP contribution in [0.25, 0.3) is 11.1 Å². The van der Waals surface area contributed by atoms with Crippen molar-refractivity contribution in [2.24, 2.45) is 0 Å². The van der Waals surface area contributed by atoms with Crippen LogP contribution in [0.15, 0.2) is 43.9 Å². The van der Waals surface area contributed by atoms with Crippen molar-refractivity contribution < 1.29 is 17.6 Å². The van der Waals surface area contributed by atoms with E-state index in [4.69, 9.17) is 4.42 Å². The molecule has 0 aliphatic carbocycles. The fourth-order valence-electron chi connectivity index (χ4n) is 3.38. The zero-order valence-corrected chi connectivity index (χ0v) is 17.2. The average Bonchev–Trinajstić information content (AvgIpc) is 3.19. The Morgan fingerprint density at radius 1 is 1.21 bits per heavy atom. The first-order chi connectivity index (χ1) is 13.9. The van der Waals surface area contributed by atoms with Gasteiger partial charge in [0.15, 0.2) is 10.7 Å². The number of benzene rings is 1. The number of oxazole rings is 1. The van der Waals surface area contributed by atoms with Crippen LogP contribution in [0.3, 0.4) is 0 Å². The van der Waals surface area contributed by atoms with E-state index in [-0.39, 0.29) is 17.0 Å². The molecule has 1 saturated heterocycles. The molecular weight excluding hydrogens is 416 g/mol. The minimum atomic E-state index is -3.66. The van der Waals surface area contributed by atoms with Gasteiger partial charge in [-0.05, 0) is 25.0 Å². The molecule has 3 heterocycles. The quantitative estimate of drug-likeness (QED) is 0.656. The molecule has 9 nitrogen and oxygen atoms in total. The van der Waals surface area contributed by atoms with Crippen LogP contribution in [0.5, 0.6) is 0 Å². The van der Waals surface area contributed by atoms with E-state index < -0.39 is 21.7 Å². The van der Waals surface area contributed by atoms with E-state index in [2.05, 4.69) is 10.3 Å². The number of sulfonamides is 1. The van der Waals surface area contributed by atoms with Crippen molar-refractivity contribution in [3.63, 3.8) is 0 Å². The monoisotopic (exact) mass is 436 g/mol. The molecule has 1 aliphatic heterocycles. The molecule has 4 rings (SSSR count). The topological polar surface area (TPSA) is 115 Å². The number of nitrogens with one attached hydrogen (secondary N) is 1. The van der Waals surface area contributed by atoms with E-state index in [1.54, 1.807) is 11.6 Å². The molecular formula is C18H20N4O5S2. The number of hydrogen-bond acceptors (Lipinski definition) is 7. The van der Waals surface area contributed by atoms with Crippen molar-refractivity contribution in [2.45, 2.75) is 37.1 Å². The molecule has 0 atom stereocenters. The molecule has 2 aromatic heterocycles. The van der Waals surface area contributed by atoms with Gasteiger partial charge in [-0.2, -0.15) is 4.31 Å². The van der Waals surface area contributed by atoms with Gasteiger partial charge in [0.1, 0.15) is 6.54 Å². The highest BCUT2D eigenvalue weighted by atomic mass is 32.2. The summed E-state index contributed by atoms with van der Waals surface area (Å²) in [5.74, 6) is -1.15. The predicted molar refractivity (Wildman–Crippen MR) is 108 cm³/mol. The number of hydrogen-bond donors (Lipinski definition) is 1. The van der Waals surface area contributed by atoms with Gasteiger partial charge in [-0.3, -0.25) is 9.36 Å². The van der Waals surface area contributed by atoms with E-state index in [9.17, 15) is 18.0 Å². The number of amides is 1. The first-order valence-electron chi connectivity index (χ1n) is 9.28. The van der Waals surface area contributed by atoms with Crippen LogP contribution < -0.4 is 11.1 Å². The smallest absolute Gasteiger partial charge is 0.408 e. The van der Waals surface area contributed by atoms with Gasteiger partial charge in [-0.1, -0.05) is 12.8 Å². The lowest BCUT2D eigenvalue weighted by molar-refractivity contribution is -0.116. The number of carbonyl (C=O) groups is 1. The number of rotatable bonds is 5. The van der Waals surface area contributed by atoms with Crippen LogP contribution in [-0.4, -0.2) is 41.3 Å². The van der Waals surface area contributed by atoms with E-state index >= 15 is 0 Å². The Morgan fingerprint density at radius 3 is 2.66 bits per heavy atom. The summed E-state index contributed by atoms with van der Waals surface area (Å²) < 4.78 is 33.8. The lowest BCUT2D eigenvalue weighted by Gasteiger charge is -2.19. The number of carbonyl (C=O) groups excluding carboxylic acids is 1. The molecule has 0 bridgehead atoms. The van der Waals surface area contributed by atoms with Gasteiger partial charge >= 0.3 is 5.76 Å². The van der Waals surface area contributed by atoms with E-state index in [0.29, 0.717) is 23.7 Å². The Kier molecular flexibility index (Phi) is 5.52. The maximum absolute atomic E-state index is 13.0. The van der Waals surface area contributed by atoms with Crippen LogP contribution in [0.1, 0.15) is 25.7 Å². The Bertz CT molecular complexity index is 1170. The van der Waals surface area contributed by atoms with Crippen LogP contribution >= 0.6 is 11.3 Å². The van der Waals surface area contributed by atoms with Crippen LogP contribution in [0, 0.1) is 0 Å². The van der Waals surface area contributed by atoms with Gasteiger partial charge in [0.25, 0.3) is 0 Å². The minimum Gasteiger partial charge on any atom is -0.408 e. The Morgan fingerprint density at radius 2 is 1.97 bits per heavy atom. The highest BCUT2D eigenvalue weighted by Crippen LogP contribution is 2.24. The van der Waals surface area contributed by atoms with Crippen LogP contribution in [0.4, 0.5) is 5.13 Å². The molecule has 0 saturated carbocycles. The Hall–Kier alpha value is -2.50. The second-order valence-corrected chi connectivity index (χ2v) is 9.62. The lowest BCUT2D eigenvalue weighted by atomic mass is 10.2. The van der Waals surface area contributed by atoms with Crippen molar-refractivity contribution in [1.82, 2.24) is 13.9 Å². The van der Waals surface area contributed by atoms with Gasteiger partial charge in [0.05, 0.1) is 10.4 Å². The fraction of sp³-hybridized carbons (Fsp3) is 0.389. The zero-order valence-electron chi connectivity index (χ0n) is 15.5. The molecule has 11 heteroatoms. The van der Waals surface area contributed by atoms with Gasteiger partial charge in [0.2, 0.25) is 15.9 Å². The van der Waals surface area contributed by atoms with E-state index in [1.165, 1.54) is 38.4 Å². The average molecular weight is 437 g/mol. The summed E-state index contributed by atoms with van der Waals surface area (Å²) in [6, 6.07) is 4.31. The first-order valence-corrected chi connectivity index (χ1v) is 11.6. The summed E-state index contributed by atoms with van der Waals surface area (Å²) in [5.41, 5.74) is 0.493. The van der Waals surface area contributed by atoms with Gasteiger partial charge in [-0.25, -0.2) is 18.2 Å². The van der Waals surface area contributed by atoms with Gasteiger partial charge < -0.3 is 9.73 Å². The zero-order chi connectivity index (χ0) is 20.4. The summed E-state index contributed by atoms with van der Waals surface area (Å²) in [7, 11) is -3.66. The summed E-state index contributed by atoms with van der Waals surface area (Å²) in [5, 5.41) is 4.76. The molecule has 1 aromatic carbocycles. The van der Waals surface area contributed by atoms with Gasteiger partial charge in [0, 0.05) is 30.7 Å². The van der Waals surface area contributed by atoms with Crippen LogP contribution in [-0.2, 0) is 21.4 Å². The number of anilines is 1. The highest BCUT2D eigenvalue weighted by Gasteiger charge is 2.26. The number of thiazole rings is 1. The number of nitrogens with zero attached hydrogens (tertiary/aromatic N) is 3. The molecule has 1 N–H and O–H groups in total. The Labute approximate surface area is 171 Å². The maximum Gasteiger partial charge on any atom is 0.420 e. The van der Waals surface area contributed by atoms with Crippen molar-refractivity contribution in [3.05, 3.63) is 40.3 Å². The molecule has 0 unspecified atom stereocenters. The molecule has 1 aliphatic rings. The normalized spacial score (nSPS) is 16.0. The summed E-state index contributed by atoms with van der Waals surface area (Å²) in [6.45, 7) is 0.716. The molecule has 29 heavy (non-hydrogen) atoms. The van der Waals surface area contributed by atoms with E-state index in [0.717, 1.165) is 25.7 Å². The molecule has 0 radical (unpaired) electrons. The van der Waals surface area contributed by atoms with Crippen molar-refractivity contribution in [3.8, 4) is 0 Å². The molecule has 3 aromatic rings.